The lowest BCUT2D eigenvalue weighted by Crippen LogP contribution is -2.42. The Labute approximate surface area is 129 Å². The van der Waals surface area contributed by atoms with Crippen LogP contribution in [0.5, 0.6) is 0 Å². The molecule has 0 saturated heterocycles. The summed E-state index contributed by atoms with van der Waals surface area (Å²) >= 11 is 3.37. The second-order valence-corrected chi connectivity index (χ2v) is 6.64. The Balaban J connectivity index is 2.53. The van der Waals surface area contributed by atoms with E-state index in [4.69, 9.17) is 5.73 Å². The first-order valence-corrected chi connectivity index (χ1v) is 7.63. The number of nitrogens with one attached hydrogen (secondary N) is 1. The minimum Gasteiger partial charge on any atom is -0.330 e. The zero-order chi connectivity index (χ0) is 15.2. The molecule has 0 saturated carbocycles. The van der Waals surface area contributed by atoms with Gasteiger partial charge in [0.15, 0.2) is 0 Å². The Bertz CT molecular complexity index is 431. The smallest absolute Gasteiger partial charge is 0.238 e. The van der Waals surface area contributed by atoms with Crippen LogP contribution < -0.4 is 11.1 Å². The lowest BCUT2D eigenvalue weighted by molar-refractivity contribution is -0.117. The Morgan fingerprint density at radius 2 is 1.95 bits per heavy atom. The maximum atomic E-state index is 12.0. The van der Waals surface area contributed by atoms with Gasteiger partial charge in [0.05, 0.1) is 6.54 Å². The van der Waals surface area contributed by atoms with Crippen LogP contribution >= 0.6 is 15.9 Å². The number of benzene rings is 1. The Morgan fingerprint density at radius 3 is 2.45 bits per heavy atom. The summed E-state index contributed by atoms with van der Waals surface area (Å²) in [6, 6.07) is 7.57. The number of rotatable bonds is 7. The Kier molecular flexibility index (Phi) is 6.65. The molecule has 0 aliphatic rings. The summed E-state index contributed by atoms with van der Waals surface area (Å²) in [4.78, 5) is 14.2. The van der Waals surface area contributed by atoms with E-state index in [1.54, 1.807) is 0 Å². The standard InChI is InChI=1S/C15H24BrN3O/c1-4-19(11-15(2,3)10-17)9-14(20)18-13-7-5-12(16)6-8-13/h5-8H,4,9-11,17H2,1-3H3,(H,18,20). The van der Waals surface area contributed by atoms with Gasteiger partial charge < -0.3 is 11.1 Å². The topological polar surface area (TPSA) is 58.4 Å². The summed E-state index contributed by atoms with van der Waals surface area (Å²) in [6.07, 6.45) is 0. The van der Waals surface area contributed by atoms with Gasteiger partial charge in [0.25, 0.3) is 0 Å². The quantitative estimate of drug-likeness (QED) is 0.801. The minimum atomic E-state index is 0.00185. The SMILES string of the molecule is CCN(CC(=O)Nc1ccc(Br)cc1)CC(C)(C)CN. The van der Waals surface area contributed by atoms with Gasteiger partial charge in [0, 0.05) is 16.7 Å². The molecule has 0 radical (unpaired) electrons. The Hall–Kier alpha value is -0.910. The van der Waals surface area contributed by atoms with Crippen molar-refractivity contribution >= 4 is 27.5 Å². The molecule has 0 aliphatic heterocycles. The average molecular weight is 342 g/mol. The van der Waals surface area contributed by atoms with Crippen molar-refractivity contribution in [2.24, 2.45) is 11.1 Å². The molecule has 0 spiro atoms. The van der Waals surface area contributed by atoms with Gasteiger partial charge in [-0.15, -0.1) is 0 Å². The molecule has 0 aromatic heterocycles. The molecule has 4 nitrogen and oxygen atoms in total. The third-order valence-corrected chi connectivity index (χ3v) is 3.68. The highest BCUT2D eigenvalue weighted by Gasteiger charge is 2.20. The van der Waals surface area contributed by atoms with Gasteiger partial charge in [0.2, 0.25) is 5.91 Å². The van der Waals surface area contributed by atoms with Crippen LogP contribution in [-0.2, 0) is 4.79 Å². The first kappa shape index (κ1) is 17.1. The second kappa shape index (κ2) is 7.76. The van der Waals surface area contributed by atoms with Crippen LogP contribution in [0.2, 0.25) is 0 Å². The fourth-order valence-electron chi connectivity index (χ4n) is 1.89. The molecule has 0 aliphatic carbocycles. The predicted octanol–water partition coefficient (Wildman–Crippen LogP) is 2.69. The number of halogens is 1. The van der Waals surface area contributed by atoms with Crippen molar-refractivity contribution in [3.05, 3.63) is 28.7 Å². The molecule has 0 bridgehead atoms. The monoisotopic (exact) mass is 341 g/mol. The highest BCUT2D eigenvalue weighted by molar-refractivity contribution is 9.10. The average Bonchev–Trinajstić information content (AvgIpc) is 2.40. The fourth-order valence-corrected chi connectivity index (χ4v) is 2.15. The summed E-state index contributed by atoms with van der Waals surface area (Å²) in [5.41, 5.74) is 6.58. The van der Waals surface area contributed by atoms with E-state index in [1.807, 2.05) is 24.3 Å². The molecule has 1 amide bonds. The number of nitrogens with two attached hydrogens (primary N) is 1. The van der Waals surface area contributed by atoms with E-state index in [9.17, 15) is 4.79 Å². The van der Waals surface area contributed by atoms with E-state index in [2.05, 4.69) is 46.9 Å². The van der Waals surface area contributed by atoms with Crippen LogP contribution in [0.1, 0.15) is 20.8 Å². The van der Waals surface area contributed by atoms with Crippen molar-refractivity contribution in [1.29, 1.82) is 0 Å². The number of amides is 1. The van der Waals surface area contributed by atoms with Gasteiger partial charge in [-0.1, -0.05) is 36.7 Å². The van der Waals surface area contributed by atoms with Gasteiger partial charge in [-0.05, 0) is 42.8 Å². The number of hydrogen-bond donors (Lipinski definition) is 2. The molecule has 1 aromatic rings. The number of anilines is 1. The third kappa shape index (κ3) is 6.03. The molecule has 0 heterocycles. The van der Waals surface area contributed by atoms with E-state index in [0.29, 0.717) is 13.1 Å². The van der Waals surface area contributed by atoms with E-state index >= 15 is 0 Å². The first-order chi connectivity index (χ1) is 9.36. The van der Waals surface area contributed by atoms with Gasteiger partial charge in [-0.2, -0.15) is 0 Å². The maximum Gasteiger partial charge on any atom is 0.238 e. The van der Waals surface area contributed by atoms with Crippen molar-refractivity contribution in [3.8, 4) is 0 Å². The maximum absolute atomic E-state index is 12.0. The van der Waals surface area contributed by atoms with Crippen molar-refractivity contribution in [2.75, 3.05) is 31.5 Å². The van der Waals surface area contributed by atoms with E-state index in [0.717, 1.165) is 23.2 Å². The summed E-state index contributed by atoms with van der Waals surface area (Å²) in [6.45, 7) is 8.92. The lowest BCUT2D eigenvalue weighted by Gasteiger charge is -2.30. The van der Waals surface area contributed by atoms with Crippen LogP contribution in [0.15, 0.2) is 28.7 Å². The van der Waals surface area contributed by atoms with E-state index in [1.165, 1.54) is 0 Å². The molecule has 0 unspecified atom stereocenters. The van der Waals surface area contributed by atoms with Crippen molar-refractivity contribution in [2.45, 2.75) is 20.8 Å². The number of nitrogens with zero attached hydrogens (tertiary/aromatic N) is 1. The molecule has 5 heteroatoms. The highest BCUT2D eigenvalue weighted by Crippen LogP contribution is 2.16. The molecule has 20 heavy (non-hydrogen) atoms. The molecule has 1 aromatic carbocycles. The number of likely N-dealkylation sites (N-methyl/N-ethyl adjacent to an activating group) is 1. The normalized spacial score (nSPS) is 11.7. The van der Waals surface area contributed by atoms with Crippen LogP contribution in [0.4, 0.5) is 5.69 Å². The molecule has 1 rings (SSSR count). The second-order valence-electron chi connectivity index (χ2n) is 5.73. The van der Waals surface area contributed by atoms with Gasteiger partial charge in [-0.25, -0.2) is 0 Å². The lowest BCUT2D eigenvalue weighted by atomic mass is 9.93. The summed E-state index contributed by atoms with van der Waals surface area (Å²) in [5, 5.41) is 2.91. The van der Waals surface area contributed by atoms with E-state index in [-0.39, 0.29) is 11.3 Å². The summed E-state index contributed by atoms with van der Waals surface area (Å²) in [7, 11) is 0. The fraction of sp³-hybridized carbons (Fsp3) is 0.533. The predicted molar refractivity (Wildman–Crippen MR) is 87.7 cm³/mol. The zero-order valence-electron chi connectivity index (χ0n) is 12.4. The van der Waals surface area contributed by atoms with Crippen LogP contribution in [-0.4, -0.2) is 37.0 Å². The number of hydrogen-bond acceptors (Lipinski definition) is 3. The number of carbonyl (C=O) groups is 1. The molecular formula is C15H24BrN3O. The van der Waals surface area contributed by atoms with Gasteiger partial charge in [0.1, 0.15) is 0 Å². The van der Waals surface area contributed by atoms with E-state index < -0.39 is 0 Å². The minimum absolute atomic E-state index is 0.00185. The third-order valence-electron chi connectivity index (χ3n) is 3.15. The van der Waals surface area contributed by atoms with Crippen molar-refractivity contribution in [1.82, 2.24) is 4.90 Å². The van der Waals surface area contributed by atoms with Crippen molar-refractivity contribution in [3.63, 3.8) is 0 Å². The van der Waals surface area contributed by atoms with Gasteiger partial charge >= 0.3 is 0 Å². The van der Waals surface area contributed by atoms with Crippen LogP contribution in [0.25, 0.3) is 0 Å². The molecule has 3 N–H and O–H groups in total. The van der Waals surface area contributed by atoms with Crippen molar-refractivity contribution < 1.29 is 4.79 Å². The molecule has 0 fully saturated rings. The zero-order valence-corrected chi connectivity index (χ0v) is 14.0. The summed E-state index contributed by atoms with van der Waals surface area (Å²) < 4.78 is 0.996. The van der Waals surface area contributed by atoms with Gasteiger partial charge in [-0.3, -0.25) is 9.69 Å². The first-order valence-electron chi connectivity index (χ1n) is 6.84. The number of carbonyl (C=O) groups excluding carboxylic acids is 1. The van der Waals surface area contributed by atoms with Crippen LogP contribution in [0, 0.1) is 5.41 Å². The summed E-state index contributed by atoms with van der Waals surface area (Å²) in [5.74, 6) is 0.00185. The largest absolute Gasteiger partial charge is 0.330 e. The molecule has 112 valence electrons. The molecule has 0 atom stereocenters. The highest BCUT2D eigenvalue weighted by atomic mass is 79.9. The van der Waals surface area contributed by atoms with Crippen LogP contribution in [0.3, 0.4) is 0 Å². The Morgan fingerprint density at radius 1 is 1.35 bits per heavy atom. The molecular weight excluding hydrogens is 318 g/mol.